The van der Waals surface area contributed by atoms with Gasteiger partial charge >= 0.3 is 0 Å². The summed E-state index contributed by atoms with van der Waals surface area (Å²) < 4.78 is 10.9. The van der Waals surface area contributed by atoms with E-state index in [1.54, 1.807) is 19.2 Å². The minimum Gasteiger partial charge on any atom is -0.379 e. The maximum absolute atomic E-state index is 11.9. The van der Waals surface area contributed by atoms with Crippen LogP contribution in [0.4, 0.5) is 0 Å². The first kappa shape index (κ1) is 25.6. The number of aliphatic imine (C=N–C) groups is 1. The maximum atomic E-state index is 11.9. The lowest BCUT2D eigenvalue weighted by molar-refractivity contribution is 0.0487. The van der Waals surface area contributed by atoms with E-state index >= 15 is 0 Å². The van der Waals surface area contributed by atoms with Gasteiger partial charge < -0.3 is 25.4 Å². The molecular weight excluding hydrogens is 459 g/mol. The van der Waals surface area contributed by atoms with Gasteiger partial charge in [0.2, 0.25) is 0 Å². The summed E-state index contributed by atoms with van der Waals surface area (Å²) in [6.07, 6.45) is 2.24. The quantitative estimate of drug-likeness (QED) is 0.170. The van der Waals surface area contributed by atoms with Crippen LogP contribution in [0.5, 0.6) is 0 Å². The van der Waals surface area contributed by atoms with Crippen molar-refractivity contribution >= 4 is 35.8 Å². The van der Waals surface area contributed by atoms with Crippen molar-refractivity contribution in [3.63, 3.8) is 0 Å². The average molecular weight is 492 g/mol. The third kappa shape index (κ3) is 13.4. The monoisotopic (exact) mass is 492 g/mol. The molecule has 0 aliphatic heterocycles. The molecule has 0 saturated heterocycles. The second-order valence-electron chi connectivity index (χ2n) is 5.63. The summed E-state index contributed by atoms with van der Waals surface area (Å²) in [5.41, 5.74) is 0.658. The van der Waals surface area contributed by atoms with Crippen molar-refractivity contribution in [1.29, 1.82) is 0 Å². The highest BCUT2D eigenvalue weighted by Gasteiger charge is 2.03. The van der Waals surface area contributed by atoms with Crippen LogP contribution in [0.2, 0.25) is 0 Å². The summed E-state index contributed by atoms with van der Waals surface area (Å²) in [4.78, 5) is 16.0. The van der Waals surface area contributed by atoms with Crippen molar-refractivity contribution in [2.45, 2.75) is 19.8 Å². The SMILES string of the molecule is CCCCOCCOCCNC(=NC)NCCNC(=O)c1ccccc1.I. The van der Waals surface area contributed by atoms with Crippen LogP contribution in [0.3, 0.4) is 0 Å². The molecule has 1 aromatic rings. The van der Waals surface area contributed by atoms with Gasteiger partial charge in [0.1, 0.15) is 0 Å². The molecular formula is C19H33IN4O3. The highest BCUT2D eigenvalue weighted by molar-refractivity contribution is 14.0. The summed E-state index contributed by atoms with van der Waals surface area (Å²) in [6, 6.07) is 9.16. The smallest absolute Gasteiger partial charge is 0.251 e. The maximum Gasteiger partial charge on any atom is 0.251 e. The molecule has 0 radical (unpaired) electrons. The molecule has 0 heterocycles. The van der Waals surface area contributed by atoms with E-state index in [0.717, 1.165) is 19.4 Å². The normalized spacial score (nSPS) is 10.8. The molecule has 0 bridgehead atoms. The predicted molar refractivity (Wildman–Crippen MR) is 120 cm³/mol. The molecule has 0 atom stereocenters. The first-order valence-electron chi connectivity index (χ1n) is 9.21. The third-order valence-electron chi connectivity index (χ3n) is 3.52. The Morgan fingerprint density at radius 1 is 0.926 bits per heavy atom. The van der Waals surface area contributed by atoms with E-state index in [9.17, 15) is 4.79 Å². The summed E-state index contributed by atoms with van der Waals surface area (Å²) in [6.45, 7) is 6.52. The van der Waals surface area contributed by atoms with E-state index in [1.165, 1.54) is 0 Å². The second-order valence-corrected chi connectivity index (χ2v) is 5.63. The zero-order valence-electron chi connectivity index (χ0n) is 16.3. The van der Waals surface area contributed by atoms with Crippen LogP contribution in [0.25, 0.3) is 0 Å². The standard InChI is InChI=1S/C19H32N4O3.HI/c1-3-4-13-25-15-16-26-14-12-23-19(20-2)22-11-10-21-18(24)17-8-6-5-7-9-17;/h5-9H,3-4,10-16H2,1-2H3,(H,21,24)(H2,20,22,23);1H. The second kappa shape index (κ2) is 18.0. The molecule has 154 valence electrons. The van der Waals surface area contributed by atoms with Crippen molar-refractivity contribution in [3.8, 4) is 0 Å². The molecule has 3 N–H and O–H groups in total. The van der Waals surface area contributed by atoms with E-state index in [4.69, 9.17) is 9.47 Å². The Morgan fingerprint density at radius 3 is 2.22 bits per heavy atom. The van der Waals surface area contributed by atoms with Crippen molar-refractivity contribution in [2.24, 2.45) is 4.99 Å². The van der Waals surface area contributed by atoms with Gasteiger partial charge in [-0.3, -0.25) is 9.79 Å². The van der Waals surface area contributed by atoms with Gasteiger partial charge in [0, 0.05) is 38.9 Å². The number of benzene rings is 1. The van der Waals surface area contributed by atoms with Gasteiger partial charge in [-0.2, -0.15) is 0 Å². The fraction of sp³-hybridized carbons (Fsp3) is 0.579. The van der Waals surface area contributed by atoms with Gasteiger partial charge in [0.05, 0.1) is 19.8 Å². The molecule has 0 unspecified atom stereocenters. The van der Waals surface area contributed by atoms with E-state index in [2.05, 4.69) is 27.9 Å². The van der Waals surface area contributed by atoms with E-state index in [0.29, 0.717) is 51.0 Å². The number of ether oxygens (including phenoxy) is 2. The highest BCUT2D eigenvalue weighted by Crippen LogP contribution is 1.96. The van der Waals surface area contributed by atoms with Crippen molar-refractivity contribution in [2.75, 3.05) is 53.1 Å². The van der Waals surface area contributed by atoms with E-state index in [-0.39, 0.29) is 29.9 Å². The topological polar surface area (TPSA) is 84.0 Å². The summed E-state index contributed by atoms with van der Waals surface area (Å²) >= 11 is 0. The molecule has 1 aromatic carbocycles. The van der Waals surface area contributed by atoms with Gasteiger partial charge in [0.25, 0.3) is 5.91 Å². The molecule has 0 saturated carbocycles. The molecule has 8 heteroatoms. The largest absolute Gasteiger partial charge is 0.379 e. The van der Waals surface area contributed by atoms with Crippen molar-refractivity contribution < 1.29 is 14.3 Å². The Balaban J connectivity index is 0.00000676. The molecule has 1 rings (SSSR count). The number of carbonyl (C=O) groups is 1. The molecule has 0 aliphatic rings. The zero-order chi connectivity index (χ0) is 18.9. The first-order chi connectivity index (χ1) is 12.8. The van der Waals surface area contributed by atoms with Crippen LogP contribution in [-0.2, 0) is 9.47 Å². The van der Waals surface area contributed by atoms with Crippen LogP contribution in [0.1, 0.15) is 30.1 Å². The number of hydrogen-bond donors (Lipinski definition) is 3. The van der Waals surface area contributed by atoms with Crippen molar-refractivity contribution in [1.82, 2.24) is 16.0 Å². The molecule has 0 spiro atoms. The lowest BCUT2D eigenvalue weighted by Gasteiger charge is -2.12. The molecule has 0 aromatic heterocycles. The van der Waals surface area contributed by atoms with Gasteiger partial charge in [0.15, 0.2) is 5.96 Å². The van der Waals surface area contributed by atoms with Crippen LogP contribution >= 0.6 is 24.0 Å². The Labute approximate surface area is 179 Å². The number of carbonyl (C=O) groups excluding carboxylic acids is 1. The van der Waals surface area contributed by atoms with Gasteiger partial charge in [-0.15, -0.1) is 24.0 Å². The molecule has 7 nitrogen and oxygen atoms in total. The Hall–Kier alpha value is -1.39. The van der Waals surface area contributed by atoms with Crippen LogP contribution < -0.4 is 16.0 Å². The number of nitrogens with zero attached hydrogens (tertiary/aromatic N) is 1. The van der Waals surface area contributed by atoms with Gasteiger partial charge in [-0.1, -0.05) is 31.5 Å². The fourth-order valence-corrected chi connectivity index (χ4v) is 2.08. The van der Waals surface area contributed by atoms with Gasteiger partial charge in [-0.05, 0) is 18.6 Å². The number of amides is 1. The fourth-order valence-electron chi connectivity index (χ4n) is 2.08. The Morgan fingerprint density at radius 2 is 1.56 bits per heavy atom. The minimum absolute atomic E-state index is 0. The molecule has 0 fully saturated rings. The number of nitrogens with one attached hydrogen (secondary N) is 3. The first-order valence-corrected chi connectivity index (χ1v) is 9.21. The number of guanidine groups is 1. The molecule has 1 amide bonds. The van der Waals surface area contributed by atoms with Crippen LogP contribution in [-0.4, -0.2) is 65.0 Å². The summed E-state index contributed by atoms with van der Waals surface area (Å²) in [7, 11) is 1.71. The van der Waals surface area contributed by atoms with Crippen molar-refractivity contribution in [3.05, 3.63) is 35.9 Å². The number of rotatable bonds is 13. The lowest BCUT2D eigenvalue weighted by Crippen LogP contribution is -2.42. The molecule has 27 heavy (non-hydrogen) atoms. The number of hydrogen-bond acceptors (Lipinski definition) is 4. The average Bonchev–Trinajstić information content (AvgIpc) is 2.68. The van der Waals surface area contributed by atoms with E-state index < -0.39 is 0 Å². The third-order valence-corrected chi connectivity index (χ3v) is 3.52. The number of unbranched alkanes of at least 4 members (excludes halogenated alkanes) is 1. The predicted octanol–water partition coefficient (Wildman–Crippen LogP) is 2.03. The molecule has 0 aliphatic carbocycles. The lowest BCUT2D eigenvalue weighted by atomic mass is 10.2. The summed E-state index contributed by atoms with van der Waals surface area (Å²) in [5, 5.41) is 9.17. The minimum atomic E-state index is -0.0788. The van der Waals surface area contributed by atoms with Gasteiger partial charge in [-0.25, -0.2) is 0 Å². The zero-order valence-corrected chi connectivity index (χ0v) is 18.7. The Bertz CT molecular complexity index is 515. The Kier molecular flexibility index (Phi) is 17.1. The van der Waals surface area contributed by atoms with Crippen LogP contribution in [0.15, 0.2) is 35.3 Å². The number of halogens is 1. The highest BCUT2D eigenvalue weighted by atomic mass is 127. The van der Waals surface area contributed by atoms with Crippen LogP contribution in [0, 0.1) is 0 Å². The summed E-state index contributed by atoms with van der Waals surface area (Å²) in [5.74, 6) is 0.603. The van der Waals surface area contributed by atoms with E-state index in [1.807, 2.05) is 18.2 Å².